The number of carbonyl (C=O) groups excluding carboxylic acids is 1. The molecule has 0 radical (unpaired) electrons. The average molecular weight is 388 g/mol. The van der Waals surface area contributed by atoms with Gasteiger partial charge in [0.25, 0.3) is 0 Å². The second-order valence-electron chi connectivity index (χ2n) is 11.1. The Kier molecular flexibility index (Phi) is 5.44. The van der Waals surface area contributed by atoms with Crippen LogP contribution in [0.3, 0.4) is 0 Å². The molecular formula is C25H41NO2. The maximum absolute atomic E-state index is 11.7. The van der Waals surface area contributed by atoms with Gasteiger partial charge < -0.3 is 10.4 Å². The number of aliphatic hydroxyl groups excluding tert-OH is 1. The van der Waals surface area contributed by atoms with Crippen LogP contribution in [0, 0.1) is 40.4 Å². The van der Waals surface area contributed by atoms with Crippen molar-refractivity contribution in [3.63, 3.8) is 0 Å². The van der Waals surface area contributed by atoms with Crippen molar-refractivity contribution in [3.05, 3.63) is 11.6 Å². The Balaban J connectivity index is 1.51. The third-order valence-corrected chi connectivity index (χ3v) is 9.94. The Morgan fingerprint density at radius 2 is 2.00 bits per heavy atom. The van der Waals surface area contributed by atoms with Crippen LogP contribution in [0.25, 0.3) is 0 Å². The van der Waals surface area contributed by atoms with Gasteiger partial charge in [-0.05, 0) is 98.2 Å². The number of nitrogens with one attached hydrogen (secondary N) is 1. The monoisotopic (exact) mass is 387 g/mol. The lowest BCUT2D eigenvalue weighted by molar-refractivity contribution is -0.121. The molecule has 3 saturated carbocycles. The van der Waals surface area contributed by atoms with Gasteiger partial charge in [0.15, 0.2) is 0 Å². The van der Waals surface area contributed by atoms with Gasteiger partial charge in [-0.2, -0.15) is 0 Å². The van der Waals surface area contributed by atoms with Crippen molar-refractivity contribution in [2.75, 3.05) is 7.05 Å². The molecule has 4 aliphatic carbocycles. The Morgan fingerprint density at radius 1 is 1.21 bits per heavy atom. The van der Waals surface area contributed by atoms with Crippen LogP contribution < -0.4 is 5.32 Å². The number of amides is 1. The summed E-state index contributed by atoms with van der Waals surface area (Å²) in [6, 6.07) is 0. The molecule has 158 valence electrons. The molecule has 2 N–H and O–H groups in total. The summed E-state index contributed by atoms with van der Waals surface area (Å²) in [4.78, 5) is 11.7. The van der Waals surface area contributed by atoms with Crippen LogP contribution >= 0.6 is 0 Å². The predicted molar refractivity (Wildman–Crippen MR) is 114 cm³/mol. The van der Waals surface area contributed by atoms with Crippen LogP contribution in [0.4, 0.5) is 0 Å². The van der Waals surface area contributed by atoms with Crippen LogP contribution in [0.15, 0.2) is 11.6 Å². The van der Waals surface area contributed by atoms with Gasteiger partial charge in [-0.1, -0.05) is 32.4 Å². The molecule has 0 aromatic rings. The van der Waals surface area contributed by atoms with Gasteiger partial charge >= 0.3 is 0 Å². The summed E-state index contributed by atoms with van der Waals surface area (Å²) < 4.78 is 0. The molecule has 28 heavy (non-hydrogen) atoms. The molecule has 3 heteroatoms. The second kappa shape index (κ2) is 7.45. The van der Waals surface area contributed by atoms with E-state index in [-0.39, 0.29) is 12.0 Å². The summed E-state index contributed by atoms with van der Waals surface area (Å²) >= 11 is 0. The summed E-state index contributed by atoms with van der Waals surface area (Å²) in [5, 5.41) is 13.0. The van der Waals surface area contributed by atoms with Crippen molar-refractivity contribution < 1.29 is 9.90 Å². The highest BCUT2D eigenvalue weighted by Gasteiger charge is 2.59. The highest BCUT2D eigenvalue weighted by atomic mass is 16.3. The number of hydrogen-bond acceptors (Lipinski definition) is 2. The molecule has 0 spiro atoms. The van der Waals surface area contributed by atoms with Crippen LogP contribution in [0.5, 0.6) is 0 Å². The maximum Gasteiger partial charge on any atom is 0.219 e. The summed E-state index contributed by atoms with van der Waals surface area (Å²) in [6.07, 6.45) is 13.9. The number of carbonyl (C=O) groups is 1. The van der Waals surface area contributed by atoms with Crippen LogP contribution in [-0.4, -0.2) is 24.2 Å². The molecular weight excluding hydrogens is 346 g/mol. The topological polar surface area (TPSA) is 49.3 Å². The Labute approximate surface area is 171 Å². The number of allylic oxidation sites excluding steroid dienone is 1. The SMILES string of the molecule is CNC(=O)CC[C@@H](C)[C@H]1CC[C@H]2[C@@H]3CC=C4C[C@H](O)CC[C@]4(C)[C@H]3CC[C@]12C. The van der Waals surface area contributed by atoms with E-state index in [0.717, 1.165) is 42.9 Å². The van der Waals surface area contributed by atoms with Gasteiger partial charge in [-0.15, -0.1) is 0 Å². The van der Waals surface area contributed by atoms with Crippen molar-refractivity contribution in [1.82, 2.24) is 5.32 Å². The molecule has 4 rings (SSSR count). The fourth-order valence-electron chi connectivity index (χ4n) is 8.30. The maximum atomic E-state index is 11.7. The molecule has 1 amide bonds. The minimum absolute atomic E-state index is 0.109. The standard InChI is InChI=1S/C25H41NO2/c1-16(5-10-23(28)26-4)20-8-9-21-19-7-6-17-15-18(27)11-13-24(17,2)22(19)12-14-25(20,21)3/h6,16,18-22,27H,5,7-15H2,1-4H3,(H,26,28)/t16-,18-,19+,20-,21+,22+,24+,25-/m1/s1. The van der Waals surface area contributed by atoms with Gasteiger partial charge in [0.2, 0.25) is 5.91 Å². The zero-order valence-electron chi connectivity index (χ0n) is 18.5. The minimum Gasteiger partial charge on any atom is -0.393 e. The smallest absolute Gasteiger partial charge is 0.219 e. The molecule has 4 aliphatic rings. The molecule has 3 nitrogen and oxygen atoms in total. The van der Waals surface area contributed by atoms with E-state index in [1.54, 1.807) is 12.6 Å². The second-order valence-corrected chi connectivity index (χ2v) is 11.1. The fourth-order valence-corrected chi connectivity index (χ4v) is 8.30. The summed E-state index contributed by atoms with van der Waals surface area (Å²) in [5.74, 6) is 4.10. The van der Waals surface area contributed by atoms with Gasteiger partial charge in [-0.3, -0.25) is 4.79 Å². The number of hydrogen-bond donors (Lipinski definition) is 2. The minimum atomic E-state index is -0.109. The number of rotatable bonds is 4. The number of aliphatic hydroxyl groups is 1. The third kappa shape index (κ3) is 3.16. The Bertz CT molecular complexity index is 642. The van der Waals surface area contributed by atoms with Crippen molar-refractivity contribution >= 4 is 5.91 Å². The first-order valence-electron chi connectivity index (χ1n) is 11.9. The molecule has 3 fully saturated rings. The van der Waals surface area contributed by atoms with E-state index in [9.17, 15) is 9.90 Å². The van der Waals surface area contributed by atoms with E-state index in [1.807, 2.05) is 0 Å². The van der Waals surface area contributed by atoms with Gasteiger partial charge in [0, 0.05) is 13.5 Å². The largest absolute Gasteiger partial charge is 0.393 e. The molecule has 8 atom stereocenters. The molecule has 0 unspecified atom stereocenters. The van der Waals surface area contributed by atoms with Crippen LogP contribution in [0.1, 0.15) is 85.0 Å². The molecule has 0 heterocycles. The van der Waals surface area contributed by atoms with E-state index >= 15 is 0 Å². The molecule has 0 aromatic carbocycles. The average Bonchev–Trinajstić information content (AvgIpc) is 3.03. The third-order valence-electron chi connectivity index (χ3n) is 9.94. The zero-order valence-corrected chi connectivity index (χ0v) is 18.5. The molecule has 0 aliphatic heterocycles. The highest BCUT2D eigenvalue weighted by Crippen LogP contribution is 2.67. The summed E-state index contributed by atoms with van der Waals surface area (Å²) in [7, 11) is 1.75. The first-order chi connectivity index (χ1) is 13.3. The van der Waals surface area contributed by atoms with E-state index in [0.29, 0.717) is 23.2 Å². The lowest BCUT2D eigenvalue weighted by Crippen LogP contribution is -2.50. The molecule has 0 aromatic heterocycles. The van der Waals surface area contributed by atoms with Gasteiger partial charge in [0.05, 0.1) is 6.10 Å². The van der Waals surface area contributed by atoms with Crippen LogP contribution in [-0.2, 0) is 4.79 Å². The number of fused-ring (bicyclic) bond motifs is 5. The van der Waals surface area contributed by atoms with Gasteiger partial charge in [-0.25, -0.2) is 0 Å². The zero-order chi connectivity index (χ0) is 20.1. The van der Waals surface area contributed by atoms with Crippen molar-refractivity contribution in [3.8, 4) is 0 Å². The molecule has 0 saturated heterocycles. The lowest BCUT2D eigenvalue weighted by Gasteiger charge is -2.58. The quantitative estimate of drug-likeness (QED) is 0.660. The fraction of sp³-hybridized carbons (Fsp3) is 0.880. The first kappa shape index (κ1) is 20.4. The van der Waals surface area contributed by atoms with Crippen molar-refractivity contribution in [2.45, 2.75) is 91.1 Å². The predicted octanol–water partition coefficient (Wildman–Crippen LogP) is 5.09. The van der Waals surface area contributed by atoms with Crippen molar-refractivity contribution in [1.29, 1.82) is 0 Å². The Morgan fingerprint density at radius 3 is 2.75 bits per heavy atom. The van der Waals surface area contributed by atoms with E-state index < -0.39 is 0 Å². The van der Waals surface area contributed by atoms with Crippen LogP contribution in [0.2, 0.25) is 0 Å². The van der Waals surface area contributed by atoms with E-state index in [2.05, 4.69) is 32.2 Å². The van der Waals surface area contributed by atoms with Crippen molar-refractivity contribution in [2.24, 2.45) is 40.4 Å². The molecule has 0 bridgehead atoms. The van der Waals surface area contributed by atoms with E-state index in [1.165, 1.54) is 38.5 Å². The van der Waals surface area contributed by atoms with E-state index in [4.69, 9.17) is 0 Å². The summed E-state index contributed by atoms with van der Waals surface area (Å²) in [6.45, 7) is 7.51. The normalized spacial score (nSPS) is 46.0. The Hall–Kier alpha value is -0.830. The highest BCUT2D eigenvalue weighted by molar-refractivity contribution is 5.75. The summed E-state index contributed by atoms with van der Waals surface area (Å²) in [5.41, 5.74) is 2.37. The first-order valence-corrected chi connectivity index (χ1v) is 11.9. The van der Waals surface area contributed by atoms with Gasteiger partial charge in [0.1, 0.15) is 0 Å². The lowest BCUT2D eigenvalue weighted by atomic mass is 9.47.